The first-order chi connectivity index (χ1) is 6.93. The van der Waals surface area contributed by atoms with Crippen molar-refractivity contribution in [2.24, 2.45) is 0 Å². The van der Waals surface area contributed by atoms with Gasteiger partial charge < -0.3 is 0 Å². The monoisotopic (exact) mass is 189 g/mol. The lowest BCUT2D eigenvalue weighted by Gasteiger charge is -2.09. The number of hydrogen-bond acceptors (Lipinski definition) is 3. The molecule has 0 unspecified atom stereocenters. The molecule has 0 saturated heterocycles. The number of H-pyrrole nitrogens is 2. The number of pyridine rings is 1. The van der Waals surface area contributed by atoms with E-state index in [4.69, 9.17) is 0 Å². The molecule has 1 aromatic heterocycles. The van der Waals surface area contributed by atoms with E-state index in [1.165, 1.54) is 0 Å². The first kappa shape index (κ1) is 7.13. The lowest BCUT2D eigenvalue weighted by molar-refractivity contribution is 0.511. The fraction of sp³-hybridized carbons (Fsp3) is 0. The Morgan fingerprint density at radius 1 is 1.29 bits per heavy atom. The van der Waals surface area contributed by atoms with Gasteiger partial charge in [-0.3, -0.25) is 0 Å². The van der Waals surface area contributed by atoms with Gasteiger partial charge in [0.2, 0.25) is 0 Å². The summed E-state index contributed by atoms with van der Waals surface area (Å²) in [5, 5.41) is 16.6. The molecule has 0 atom stereocenters. The summed E-state index contributed by atoms with van der Waals surface area (Å²) >= 11 is 0. The van der Waals surface area contributed by atoms with Gasteiger partial charge in [0.1, 0.15) is 0 Å². The van der Waals surface area contributed by atoms with Crippen molar-refractivity contribution >= 4 is 5.52 Å². The van der Waals surface area contributed by atoms with Gasteiger partial charge in [0.15, 0.2) is 5.82 Å². The van der Waals surface area contributed by atoms with E-state index in [2.05, 4.69) is 26.0 Å². The van der Waals surface area contributed by atoms with Crippen LogP contribution in [0.3, 0.4) is 0 Å². The van der Waals surface area contributed by atoms with Crippen molar-refractivity contribution in [1.29, 1.82) is 0 Å². The van der Waals surface area contributed by atoms with Crippen molar-refractivity contribution in [3.05, 3.63) is 30.5 Å². The summed E-state index contributed by atoms with van der Waals surface area (Å²) in [6.45, 7) is 0. The Bertz CT molecular complexity index is 514. The molecule has 2 aliphatic heterocycles. The maximum atomic E-state index is 3.86. The average Bonchev–Trinajstić information content (AvgIpc) is 2.26. The van der Waals surface area contributed by atoms with Crippen LogP contribution in [0.4, 0.5) is 0 Å². The molecule has 0 spiro atoms. The van der Waals surface area contributed by atoms with Gasteiger partial charge in [-0.2, -0.15) is 5.21 Å². The highest BCUT2D eigenvalue weighted by molar-refractivity contribution is 5.48. The molecule has 1 aromatic rings. The van der Waals surface area contributed by atoms with Gasteiger partial charge >= 0.3 is 0 Å². The van der Waals surface area contributed by atoms with Crippen LogP contribution in [-0.4, -0.2) is 35.3 Å². The number of aromatic nitrogens is 7. The maximum Gasteiger partial charge on any atom is 0.198 e. The molecule has 0 aliphatic carbocycles. The zero-order valence-electron chi connectivity index (χ0n) is 7.12. The molecule has 2 aliphatic rings. The van der Waals surface area contributed by atoms with Crippen LogP contribution in [0.1, 0.15) is 0 Å². The van der Waals surface area contributed by atoms with Crippen LogP contribution in [0.2, 0.25) is 0 Å². The normalized spacial score (nSPS) is 10.9. The van der Waals surface area contributed by atoms with Crippen molar-refractivity contribution in [1.82, 2.24) is 35.3 Å². The Balaban J connectivity index is 2.48. The van der Waals surface area contributed by atoms with Crippen molar-refractivity contribution in [2.75, 3.05) is 0 Å². The number of aromatic amines is 2. The summed E-state index contributed by atoms with van der Waals surface area (Å²) in [7, 11) is 0. The van der Waals surface area contributed by atoms with E-state index >= 15 is 0 Å². The van der Waals surface area contributed by atoms with Gasteiger partial charge in [0.25, 0.3) is 0 Å². The molecule has 0 bridgehead atoms. The predicted molar refractivity (Wildman–Crippen MR) is 47.6 cm³/mol. The molecule has 7 heteroatoms. The number of nitrogens with one attached hydrogen (secondary N) is 2. The molecule has 70 valence electrons. The number of rotatable bonds is 0. The second kappa shape index (κ2) is 2.59. The summed E-state index contributed by atoms with van der Waals surface area (Å²) in [5.41, 5.74) is 1.00. The Kier molecular flexibility index (Phi) is 1.32. The summed E-state index contributed by atoms with van der Waals surface area (Å²) in [6, 6.07) is 7.75. The quantitative estimate of drug-likeness (QED) is 0.493. The number of nitrogens with zero attached hydrogens (tertiary/aromatic N) is 5. The van der Waals surface area contributed by atoms with E-state index in [9.17, 15) is 0 Å². The van der Waals surface area contributed by atoms with Crippen LogP contribution in [0.25, 0.3) is 11.3 Å². The van der Waals surface area contributed by atoms with Crippen LogP contribution in [0, 0.1) is 0 Å². The van der Waals surface area contributed by atoms with Gasteiger partial charge in [0, 0.05) is 12.3 Å². The Hall–Kier alpha value is -2.31. The molecule has 0 saturated carbocycles. The molecule has 0 aromatic carbocycles. The summed E-state index contributed by atoms with van der Waals surface area (Å²) in [4.78, 5) is 1.57. The minimum Gasteiger partial charge on any atom is -0.248 e. The molecule has 0 amide bonds. The highest BCUT2D eigenvalue weighted by Gasteiger charge is 2.01. The molecular formula is C7H7N7. The van der Waals surface area contributed by atoms with Crippen molar-refractivity contribution in [2.45, 2.75) is 0 Å². The molecule has 0 radical (unpaired) electrons. The van der Waals surface area contributed by atoms with Gasteiger partial charge in [0.05, 0.1) is 5.52 Å². The molecule has 2 N–H and O–H groups in total. The van der Waals surface area contributed by atoms with E-state index in [-0.39, 0.29) is 0 Å². The summed E-state index contributed by atoms with van der Waals surface area (Å²) in [5.74, 6) is 0.672. The van der Waals surface area contributed by atoms with Crippen LogP contribution >= 0.6 is 0 Å². The minimum atomic E-state index is 0.672. The SMILES string of the molecule is c1ccn2[nH]n3[nH]nnnc-3cc2c1. The largest absolute Gasteiger partial charge is 0.248 e. The van der Waals surface area contributed by atoms with E-state index in [0.717, 1.165) is 5.52 Å². The average molecular weight is 189 g/mol. The highest BCUT2D eigenvalue weighted by Crippen LogP contribution is 2.05. The van der Waals surface area contributed by atoms with E-state index in [1.807, 2.05) is 35.0 Å². The van der Waals surface area contributed by atoms with Crippen LogP contribution in [0.15, 0.2) is 30.5 Å². The molecule has 7 nitrogen and oxygen atoms in total. The molecule has 0 fully saturated rings. The first-order valence-electron chi connectivity index (χ1n) is 4.09. The molecule has 3 rings (SSSR count). The number of hydrogen-bond donors (Lipinski definition) is 2. The Morgan fingerprint density at radius 2 is 2.29 bits per heavy atom. The van der Waals surface area contributed by atoms with Gasteiger partial charge in [-0.05, 0) is 22.6 Å². The van der Waals surface area contributed by atoms with E-state index < -0.39 is 0 Å². The summed E-state index contributed by atoms with van der Waals surface area (Å²) in [6.07, 6.45) is 1.90. The molecular weight excluding hydrogens is 182 g/mol. The van der Waals surface area contributed by atoms with E-state index in [0.29, 0.717) is 5.82 Å². The second-order valence-electron chi connectivity index (χ2n) is 2.82. The topological polar surface area (TPSA) is 79.6 Å². The van der Waals surface area contributed by atoms with Crippen molar-refractivity contribution in [3.63, 3.8) is 0 Å². The highest BCUT2D eigenvalue weighted by atomic mass is 15.7. The molecule has 3 heterocycles. The van der Waals surface area contributed by atoms with Crippen LogP contribution in [0.5, 0.6) is 0 Å². The first-order valence-corrected chi connectivity index (χ1v) is 4.09. The van der Waals surface area contributed by atoms with Crippen molar-refractivity contribution in [3.8, 4) is 5.82 Å². The summed E-state index contributed by atoms with van der Waals surface area (Å²) < 4.78 is 1.84. The van der Waals surface area contributed by atoms with Crippen LogP contribution < -0.4 is 0 Å². The fourth-order valence-electron chi connectivity index (χ4n) is 1.30. The zero-order valence-corrected chi connectivity index (χ0v) is 7.12. The lowest BCUT2D eigenvalue weighted by Crippen LogP contribution is -2.16. The zero-order chi connectivity index (χ0) is 9.38. The maximum absolute atomic E-state index is 3.86. The van der Waals surface area contributed by atoms with Crippen LogP contribution in [-0.2, 0) is 0 Å². The van der Waals surface area contributed by atoms with Crippen molar-refractivity contribution < 1.29 is 0 Å². The third-order valence-electron chi connectivity index (χ3n) is 1.94. The second-order valence-corrected chi connectivity index (χ2v) is 2.82. The predicted octanol–water partition coefficient (Wildman–Crippen LogP) is 0.133. The molecule has 14 heavy (non-hydrogen) atoms. The fourth-order valence-corrected chi connectivity index (χ4v) is 1.30. The van der Waals surface area contributed by atoms with Gasteiger partial charge in [-0.25, -0.2) is 9.73 Å². The standard InChI is InChI=1S/C7H7N7/c1-2-4-13-6(3-1)5-7-8-9-10-11-14(7)12-13/h1-5,12H,(H,9,11). The van der Waals surface area contributed by atoms with E-state index in [1.54, 1.807) is 4.80 Å². The Labute approximate surface area is 77.9 Å². The number of fused-ring (bicyclic) bond motifs is 2. The smallest absolute Gasteiger partial charge is 0.198 e. The minimum absolute atomic E-state index is 0.672. The third kappa shape index (κ3) is 0.954. The third-order valence-corrected chi connectivity index (χ3v) is 1.94. The Morgan fingerprint density at radius 3 is 3.29 bits per heavy atom. The van der Waals surface area contributed by atoms with Gasteiger partial charge in [-0.15, -0.1) is 9.90 Å². The lowest BCUT2D eigenvalue weighted by atomic mass is 10.4. The van der Waals surface area contributed by atoms with Gasteiger partial charge in [-0.1, -0.05) is 6.07 Å².